The lowest BCUT2D eigenvalue weighted by Crippen LogP contribution is -2.14. The molecule has 4 heteroatoms. The lowest BCUT2D eigenvalue weighted by atomic mass is 10.1. The minimum absolute atomic E-state index is 0.0263. The Morgan fingerprint density at radius 1 is 1.28 bits per heavy atom. The molecule has 1 aromatic carbocycles. The first-order chi connectivity index (χ1) is 8.58. The van der Waals surface area contributed by atoms with Gasteiger partial charge in [-0.25, -0.2) is 4.98 Å². The number of nitrogens with zero attached hydrogens (tertiary/aromatic N) is 1. The Balaban J connectivity index is 2.27. The molecule has 0 aliphatic rings. The molecule has 2 rings (SSSR count). The van der Waals surface area contributed by atoms with E-state index in [0.717, 1.165) is 16.8 Å². The zero-order valence-electron chi connectivity index (χ0n) is 10.3. The van der Waals surface area contributed by atoms with Crippen LogP contribution in [0.4, 0.5) is 5.69 Å². The Morgan fingerprint density at radius 2 is 2.06 bits per heavy atom. The molecule has 0 saturated heterocycles. The van der Waals surface area contributed by atoms with Crippen molar-refractivity contribution in [2.75, 3.05) is 5.32 Å². The summed E-state index contributed by atoms with van der Waals surface area (Å²) < 4.78 is 0. The molecular formula is C14H14N2O2. The van der Waals surface area contributed by atoms with Crippen molar-refractivity contribution < 1.29 is 9.90 Å². The first kappa shape index (κ1) is 12.1. The van der Waals surface area contributed by atoms with Gasteiger partial charge in [0.05, 0.1) is 0 Å². The summed E-state index contributed by atoms with van der Waals surface area (Å²) in [5.74, 6) is -0.540. The molecule has 0 aliphatic heterocycles. The predicted molar refractivity (Wildman–Crippen MR) is 69.8 cm³/mol. The van der Waals surface area contributed by atoms with Gasteiger partial charge >= 0.3 is 0 Å². The number of benzene rings is 1. The average Bonchev–Trinajstić information content (AvgIpc) is 2.34. The number of aromatic nitrogens is 1. The van der Waals surface area contributed by atoms with Gasteiger partial charge in [-0.3, -0.25) is 4.79 Å². The number of nitrogens with one attached hydrogen (secondary N) is 1. The SMILES string of the molecule is Cc1ccc(C)c(NC(=O)c2ncccc2O)c1. The summed E-state index contributed by atoms with van der Waals surface area (Å²) in [5, 5.41) is 12.3. The van der Waals surface area contributed by atoms with Gasteiger partial charge in [0.15, 0.2) is 5.69 Å². The zero-order chi connectivity index (χ0) is 13.1. The fraction of sp³-hybridized carbons (Fsp3) is 0.143. The average molecular weight is 242 g/mol. The highest BCUT2D eigenvalue weighted by atomic mass is 16.3. The highest BCUT2D eigenvalue weighted by Crippen LogP contribution is 2.19. The van der Waals surface area contributed by atoms with Crippen LogP contribution in [0.25, 0.3) is 0 Å². The van der Waals surface area contributed by atoms with Crippen LogP contribution in [0.5, 0.6) is 5.75 Å². The van der Waals surface area contributed by atoms with E-state index in [4.69, 9.17) is 0 Å². The molecule has 1 heterocycles. The number of carbonyl (C=O) groups excluding carboxylic acids is 1. The maximum Gasteiger partial charge on any atom is 0.278 e. The largest absolute Gasteiger partial charge is 0.505 e. The summed E-state index contributed by atoms with van der Waals surface area (Å²) in [6.07, 6.45) is 1.47. The Kier molecular flexibility index (Phi) is 3.28. The van der Waals surface area contributed by atoms with Gasteiger partial charge < -0.3 is 10.4 Å². The van der Waals surface area contributed by atoms with Crippen LogP contribution in [0, 0.1) is 13.8 Å². The van der Waals surface area contributed by atoms with Crippen molar-refractivity contribution in [1.82, 2.24) is 4.98 Å². The molecule has 0 fully saturated rings. The van der Waals surface area contributed by atoms with Crippen molar-refractivity contribution >= 4 is 11.6 Å². The minimum Gasteiger partial charge on any atom is -0.505 e. The molecule has 0 saturated carbocycles. The highest BCUT2D eigenvalue weighted by molar-refractivity contribution is 6.05. The molecular weight excluding hydrogens is 228 g/mol. The van der Waals surface area contributed by atoms with E-state index in [1.54, 1.807) is 6.07 Å². The number of amides is 1. The first-order valence-electron chi connectivity index (χ1n) is 5.60. The van der Waals surface area contributed by atoms with Crippen molar-refractivity contribution in [3.8, 4) is 5.75 Å². The smallest absolute Gasteiger partial charge is 0.278 e. The summed E-state index contributed by atoms with van der Waals surface area (Å²) >= 11 is 0. The molecule has 0 unspecified atom stereocenters. The molecule has 2 aromatic rings. The first-order valence-corrected chi connectivity index (χ1v) is 5.60. The van der Waals surface area contributed by atoms with E-state index in [2.05, 4.69) is 10.3 Å². The Bertz CT molecular complexity index is 594. The maximum atomic E-state index is 12.0. The number of hydrogen-bond donors (Lipinski definition) is 2. The number of rotatable bonds is 2. The molecule has 0 bridgehead atoms. The summed E-state index contributed by atoms with van der Waals surface area (Å²) in [4.78, 5) is 15.8. The van der Waals surface area contributed by atoms with E-state index in [0.29, 0.717) is 0 Å². The molecule has 0 aliphatic carbocycles. The second-order valence-electron chi connectivity index (χ2n) is 4.14. The quantitative estimate of drug-likeness (QED) is 0.851. The number of pyridine rings is 1. The summed E-state index contributed by atoms with van der Waals surface area (Å²) in [6, 6.07) is 8.80. The van der Waals surface area contributed by atoms with Crippen LogP contribution >= 0.6 is 0 Å². The Hall–Kier alpha value is -2.36. The van der Waals surface area contributed by atoms with Gasteiger partial charge in [-0.05, 0) is 43.2 Å². The third kappa shape index (κ3) is 2.48. The van der Waals surface area contributed by atoms with Crippen LogP contribution < -0.4 is 5.32 Å². The second-order valence-corrected chi connectivity index (χ2v) is 4.14. The number of aromatic hydroxyl groups is 1. The van der Waals surface area contributed by atoms with Gasteiger partial charge in [0.25, 0.3) is 5.91 Å². The molecule has 1 amide bonds. The van der Waals surface area contributed by atoms with E-state index in [1.165, 1.54) is 12.3 Å². The third-order valence-corrected chi connectivity index (χ3v) is 2.64. The maximum absolute atomic E-state index is 12.0. The van der Waals surface area contributed by atoms with E-state index in [9.17, 15) is 9.90 Å². The lowest BCUT2D eigenvalue weighted by molar-refractivity contribution is 0.101. The number of hydrogen-bond acceptors (Lipinski definition) is 3. The van der Waals surface area contributed by atoms with Crippen molar-refractivity contribution in [3.63, 3.8) is 0 Å². The van der Waals surface area contributed by atoms with Crippen molar-refractivity contribution in [1.29, 1.82) is 0 Å². The van der Waals surface area contributed by atoms with E-state index in [-0.39, 0.29) is 11.4 Å². The van der Waals surface area contributed by atoms with Crippen LogP contribution in [-0.4, -0.2) is 16.0 Å². The van der Waals surface area contributed by atoms with E-state index in [1.807, 2.05) is 32.0 Å². The monoisotopic (exact) mass is 242 g/mol. The molecule has 0 spiro atoms. The van der Waals surface area contributed by atoms with Gasteiger partial charge in [0, 0.05) is 11.9 Å². The summed E-state index contributed by atoms with van der Waals surface area (Å²) in [7, 11) is 0. The molecule has 0 atom stereocenters. The topological polar surface area (TPSA) is 62.2 Å². The Morgan fingerprint density at radius 3 is 2.78 bits per heavy atom. The van der Waals surface area contributed by atoms with Crippen molar-refractivity contribution in [2.24, 2.45) is 0 Å². The predicted octanol–water partition coefficient (Wildman–Crippen LogP) is 2.66. The third-order valence-electron chi connectivity index (χ3n) is 2.64. The normalized spacial score (nSPS) is 10.1. The standard InChI is InChI=1S/C14H14N2O2/c1-9-5-6-10(2)11(8-9)16-14(18)13-12(17)4-3-7-15-13/h3-8,17H,1-2H3,(H,16,18). The van der Waals surface area contributed by atoms with Crippen LogP contribution in [0.3, 0.4) is 0 Å². The number of anilines is 1. The van der Waals surface area contributed by atoms with Crippen molar-refractivity contribution in [3.05, 3.63) is 53.3 Å². The van der Waals surface area contributed by atoms with Crippen molar-refractivity contribution in [2.45, 2.75) is 13.8 Å². The fourth-order valence-corrected chi connectivity index (χ4v) is 1.62. The van der Waals surface area contributed by atoms with Gasteiger partial charge in [0.2, 0.25) is 0 Å². The van der Waals surface area contributed by atoms with Gasteiger partial charge in [-0.2, -0.15) is 0 Å². The Labute approximate surface area is 105 Å². The van der Waals surface area contributed by atoms with Gasteiger partial charge in [0.1, 0.15) is 5.75 Å². The van der Waals surface area contributed by atoms with Crippen LogP contribution in [-0.2, 0) is 0 Å². The molecule has 1 aromatic heterocycles. The molecule has 4 nitrogen and oxygen atoms in total. The lowest BCUT2D eigenvalue weighted by Gasteiger charge is -2.09. The number of aryl methyl sites for hydroxylation is 2. The molecule has 92 valence electrons. The van der Waals surface area contributed by atoms with Gasteiger partial charge in [-0.15, -0.1) is 0 Å². The van der Waals surface area contributed by atoms with E-state index < -0.39 is 5.91 Å². The fourth-order valence-electron chi connectivity index (χ4n) is 1.62. The van der Waals surface area contributed by atoms with E-state index >= 15 is 0 Å². The summed E-state index contributed by atoms with van der Waals surface area (Å²) in [5.41, 5.74) is 2.77. The van der Waals surface area contributed by atoms with Crippen LogP contribution in [0.2, 0.25) is 0 Å². The van der Waals surface area contributed by atoms with Gasteiger partial charge in [-0.1, -0.05) is 12.1 Å². The summed E-state index contributed by atoms with van der Waals surface area (Å²) in [6.45, 7) is 3.86. The molecule has 2 N–H and O–H groups in total. The minimum atomic E-state index is -0.415. The number of carbonyl (C=O) groups is 1. The van der Waals surface area contributed by atoms with Crippen LogP contribution in [0.1, 0.15) is 21.6 Å². The highest BCUT2D eigenvalue weighted by Gasteiger charge is 2.13. The zero-order valence-corrected chi connectivity index (χ0v) is 10.3. The second kappa shape index (κ2) is 4.87. The van der Waals surface area contributed by atoms with Crippen LogP contribution in [0.15, 0.2) is 36.5 Å². The molecule has 0 radical (unpaired) electrons. The molecule has 18 heavy (non-hydrogen) atoms.